The van der Waals surface area contributed by atoms with E-state index in [0.29, 0.717) is 11.3 Å². The van der Waals surface area contributed by atoms with Gasteiger partial charge in [0.2, 0.25) is 0 Å². The molecule has 17 heavy (non-hydrogen) atoms. The molecule has 0 bridgehead atoms. The van der Waals surface area contributed by atoms with Gasteiger partial charge in [0.25, 0.3) is 0 Å². The minimum atomic E-state index is -0.611. The second-order valence-corrected chi connectivity index (χ2v) is 5.32. The van der Waals surface area contributed by atoms with Gasteiger partial charge in [-0.15, -0.1) is 0 Å². The standard InChI is InChI=1S/C12H16BrNO3/c1-17-9-5-7(13)4-8(12(9)16)10(14)11(15)6-2-3-6/h4-6,10-11,15-16H,2-3,14H2,1H3/t10-,11+/m1/s1. The number of halogens is 1. The molecule has 94 valence electrons. The van der Waals surface area contributed by atoms with Gasteiger partial charge in [0.05, 0.1) is 19.3 Å². The number of aliphatic hydroxyl groups is 1. The van der Waals surface area contributed by atoms with E-state index in [1.54, 1.807) is 12.1 Å². The number of phenolic OH excluding ortho intramolecular Hbond substituents is 1. The Morgan fingerprint density at radius 1 is 1.47 bits per heavy atom. The third-order valence-corrected chi connectivity index (χ3v) is 3.58. The molecular weight excluding hydrogens is 286 g/mol. The first-order valence-electron chi connectivity index (χ1n) is 5.54. The number of ether oxygens (including phenoxy) is 1. The molecule has 0 spiro atoms. The summed E-state index contributed by atoms with van der Waals surface area (Å²) in [5, 5.41) is 20.0. The van der Waals surface area contributed by atoms with E-state index in [2.05, 4.69) is 15.9 Å². The van der Waals surface area contributed by atoms with Crippen molar-refractivity contribution in [2.75, 3.05) is 7.11 Å². The van der Waals surface area contributed by atoms with E-state index < -0.39 is 12.1 Å². The number of aromatic hydroxyl groups is 1. The van der Waals surface area contributed by atoms with Gasteiger partial charge in [0.15, 0.2) is 11.5 Å². The van der Waals surface area contributed by atoms with Crippen LogP contribution in [-0.4, -0.2) is 23.4 Å². The molecule has 0 unspecified atom stereocenters. The average Bonchev–Trinajstić information content (AvgIpc) is 3.13. The highest BCUT2D eigenvalue weighted by Crippen LogP contribution is 2.42. The van der Waals surface area contributed by atoms with Gasteiger partial charge < -0.3 is 20.7 Å². The number of hydrogen-bond donors (Lipinski definition) is 3. The van der Waals surface area contributed by atoms with Gasteiger partial charge >= 0.3 is 0 Å². The van der Waals surface area contributed by atoms with Crippen LogP contribution in [0.15, 0.2) is 16.6 Å². The first-order chi connectivity index (χ1) is 8.04. The van der Waals surface area contributed by atoms with Gasteiger partial charge in [0, 0.05) is 10.0 Å². The predicted octanol–water partition coefficient (Wildman–Crippen LogP) is 1.93. The van der Waals surface area contributed by atoms with Crippen molar-refractivity contribution < 1.29 is 14.9 Å². The fraction of sp³-hybridized carbons (Fsp3) is 0.500. The van der Waals surface area contributed by atoms with Crippen molar-refractivity contribution >= 4 is 15.9 Å². The maximum Gasteiger partial charge on any atom is 0.162 e. The van der Waals surface area contributed by atoms with Crippen molar-refractivity contribution in [3.05, 3.63) is 22.2 Å². The van der Waals surface area contributed by atoms with E-state index in [1.807, 2.05) is 0 Å². The molecule has 0 aliphatic heterocycles. The number of benzene rings is 1. The van der Waals surface area contributed by atoms with Crippen molar-refractivity contribution in [2.24, 2.45) is 11.7 Å². The summed E-state index contributed by atoms with van der Waals surface area (Å²) in [6.45, 7) is 0. The summed E-state index contributed by atoms with van der Waals surface area (Å²) in [6.07, 6.45) is 1.39. The van der Waals surface area contributed by atoms with Crippen LogP contribution in [0.1, 0.15) is 24.4 Å². The van der Waals surface area contributed by atoms with Crippen LogP contribution >= 0.6 is 15.9 Å². The number of rotatable bonds is 4. The maximum atomic E-state index is 10.00. The highest BCUT2D eigenvalue weighted by molar-refractivity contribution is 9.10. The third kappa shape index (κ3) is 2.56. The monoisotopic (exact) mass is 301 g/mol. The van der Waals surface area contributed by atoms with Crippen molar-refractivity contribution in [1.82, 2.24) is 0 Å². The molecule has 0 radical (unpaired) electrons. The van der Waals surface area contributed by atoms with Crippen molar-refractivity contribution in [2.45, 2.75) is 25.0 Å². The molecule has 1 saturated carbocycles. The quantitative estimate of drug-likeness (QED) is 0.794. The van der Waals surface area contributed by atoms with E-state index in [-0.39, 0.29) is 11.7 Å². The number of aliphatic hydroxyl groups excluding tert-OH is 1. The van der Waals surface area contributed by atoms with Gasteiger partial charge in [-0.1, -0.05) is 15.9 Å². The SMILES string of the molecule is COc1cc(Br)cc([C@@H](N)[C@@H](O)C2CC2)c1O. The van der Waals surface area contributed by atoms with Crippen LogP contribution in [0.25, 0.3) is 0 Å². The zero-order valence-electron chi connectivity index (χ0n) is 9.56. The summed E-state index contributed by atoms with van der Waals surface area (Å²) >= 11 is 3.33. The molecule has 1 aliphatic carbocycles. The minimum absolute atomic E-state index is 0.00269. The topological polar surface area (TPSA) is 75.7 Å². The van der Waals surface area contributed by atoms with Crippen LogP contribution in [0.5, 0.6) is 11.5 Å². The van der Waals surface area contributed by atoms with Gasteiger partial charge in [0.1, 0.15) is 0 Å². The molecule has 0 amide bonds. The molecule has 0 heterocycles. The Morgan fingerprint density at radius 2 is 2.12 bits per heavy atom. The second kappa shape index (κ2) is 4.84. The van der Waals surface area contributed by atoms with Crippen LogP contribution in [0.2, 0.25) is 0 Å². The van der Waals surface area contributed by atoms with Gasteiger partial charge in [-0.2, -0.15) is 0 Å². The van der Waals surface area contributed by atoms with Crippen LogP contribution in [0.4, 0.5) is 0 Å². The van der Waals surface area contributed by atoms with E-state index >= 15 is 0 Å². The summed E-state index contributed by atoms with van der Waals surface area (Å²) in [6, 6.07) is 2.79. The van der Waals surface area contributed by atoms with Crippen LogP contribution < -0.4 is 10.5 Å². The normalized spacial score (nSPS) is 18.8. The number of hydrogen-bond acceptors (Lipinski definition) is 4. The second-order valence-electron chi connectivity index (χ2n) is 4.40. The van der Waals surface area contributed by atoms with Gasteiger partial charge in [-0.25, -0.2) is 0 Å². The zero-order valence-corrected chi connectivity index (χ0v) is 11.1. The van der Waals surface area contributed by atoms with Crippen molar-refractivity contribution in [3.8, 4) is 11.5 Å². The Bertz CT molecular complexity index is 420. The van der Waals surface area contributed by atoms with E-state index in [1.165, 1.54) is 7.11 Å². The van der Waals surface area contributed by atoms with Crippen molar-refractivity contribution in [3.63, 3.8) is 0 Å². The molecule has 4 nitrogen and oxygen atoms in total. The number of phenols is 1. The molecule has 2 atom stereocenters. The molecule has 0 aromatic heterocycles. The summed E-state index contributed by atoms with van der Waals surface area (Å²) in [7, 11) is 1.48. The summed E-state index contributed by atoms with van der Waals surface area (Å²) < 4.78 is 5.82. The van der Waals surface area contributed by atoms with Crippen LogP contribution in [0, 0.1) is 5.92 Å². The van der Waals surface area contributed by atoms with Gasteiger partial charge in [-0.05, 0) is 30.9 Å². The lowest BCUT2D eigenvalue weighted by Gasteiger charge is -2.21. The fourth-order valence-electron chi connectivity index (χ4n) is 1.92. The smallest absolute Gasteiger partial charge is 0.162 e. The Kier molecular flexibility index (Phi) is 3.61. The minimum Gasteiger partial charge on any atom is -0.504 e. The van der Waals surface area contributed by atoms with E-state index in [9.17, 15) is 10.2 Å². The molecule has 5 heteroatoms. The number of nitrogens with two attached hydrogens (primary N) is 1. The lowest BCUT2D eigenvalue weighted by atomic mass is 9.98. The molecule has 1 fully saturated rings. The summed E-state index contributed by atoms with van der Waals surface area (Å²) in [4.78, 5) is 0. The molecule has 1 aliphatic rings. The average molecular weight is 302 g/mol. The van der Waals surface area contributed by atoms with Crippen LogP contribution in [0.3, 0.4) is 0 Å². The predicted molar refractivity (Wildman–Crippen MR) is 68.0 cm³/mol. The third-order valence-electron chi connectivity index (χ3n) is 3.12. The maximum absolute atomic E-state index is 10.00. The molecule has 4 N–H and O–H groups in total. The summed E-state index contributed by atoms with van der Waals surface area (Å²) in [5.74, 6) is 0.616. The molecular formula is C12H16BrNO3. The molecule has 1 aromatic rings. The Hall–Kier alpha value is -0.780. The lowest BCUT2D eigenvalue weighted by molar-refractivity contribution is 0.121. The fourth-order valence-corrected chi connectivity index (χ4v) is 2.37. The Labute approximate surface area is 109 Å². The highest BCUT2D eigenvalue weighted by Gasteiger charge is 2.35. The number of methoxy groups -OCH3 is 1. The molecule has 1 aromatic carbocycles. The molecule has 0 saturated heterocycles. The first kappa shape index (κ1) is 12.7. The Morgan fingerprint density at radius 3 is 2.65 bits per heavy atom. The van der Waals surface area contributed by atoms with E-state index in [4.69, 9.17) is 10.5 Å². The van der Waals surface area contributed by atoms with Crippen molar-refractivity contribution in [1.29, 1.82) is 0 Å². The lowest BCUT2D eigenvalue weighted by Crippen LogP contribution is -2.28. The highest BCUT2D eigenvalue weighted by atomic mass is 79.9. The van der Waals surface area contributed by atoms with Gasteiger partial charge in [-0.3, -0.25) is 0 Å². The van der Waals surface area contributed by atoms with Crippen LogP contribution in [-0.2, 0) is 0 Å². The van der Waals surface area contributed by atoms with E-state index in [0.717, 1.165) is 17.3 Å². The zero-order chi connectivity index (χ0) is 12.6. The summed E-state index contributed by atoms with van der Waals surface area (Å²) in [5.41, 5.74) is 6.50. The first-order valence-corrected chi connectivity index (χ1v) is 6.34. The molecule has 2 rings (SSSR count). The largest absolute Gasteiger partial charge is 0.504 e. The Balaban J connectivity index is 2.32.